The number of nitrogens with two attached hydrogens (primary N) is 1. The van der Waals surface area contributed by atoms with Gasteiger partial charge in [0.25, 0.3) is 0 Å². The van der Waals surface area contributed by atoms with Gasteiger partial charge in [0.15, 0.2) is 0 Å². The van der Waals surface area contributed by atoms with Gasteiger partial charge in [0.05, 0.1) is 0 Å². The van der Waals surface area contributed by atoms with E-state index in [1.54, 1.807) is 0 Å². The Morgan fingerprint density at radius 3 is 2.38 bits per heavy atom. The summed E-state index contributed by atoms with van der Waals surface area (Å²) < 4.78 is 25.9. The molecule has 0 saturated carbocycles. The van der Waals surface area contributed by atoms with E-state index in [4.69, 9.17) is 5.73 Å². The van der Waals surface area contributed by atoms with Gasteiger partial charge in [-0.25, -0.2) is 8.78 Å². The van der Waals surface area contributed by atoms with Crippen LogP contribution in [0.25, 0.3) is 0 Å². The second-order valence-corrected chi connectivity index (χ2v) is 3.49. The number of amides is 1. The third-order valence-corrected chi connectivity index (χ3v) is 2.10. The molecule has 0 saturated heterocycles. The molecule has 1 rings (SSSR count). The van der Waals surface area contributed by atoms with Crippen LogP contribution in [0, 0.1) is 11.6 Å². The first-order chi connectivity index (χ1) is 7.54. The van der Waals surface area contributed by atoms with Gasteiger partial charge in [-0.1, -0.05) is 6.92 Å². The number of primary amides is 1. The third kappa shape index (κ3) is 3.27. The Morgan fingerprint density at radius 2 is 1.94 bits per heavy atom. The minimum absolute atomic E-state index is 0.207. The molecule has 1 atom stereocenters. The second-order valence-electron chi connectivity index (χ2n) is 3.49. The van der Waals surface area contributed by atoms with Gasteiger partial charge in [-0.3, -0.25) is 4.79 Å². The molecule has 0 heterocycles. The van der Waals surface area contributed by atoms with Crippen LogP contribution in [0.4, 0.5) is 8.78 Å². The first-order valence-corrected chi connectivity index (χ1v) is 5.03. The molecule has 0 spiro atoms. The monoisotopic (exact) mass is 228 g/mol. The lowest BCUT2D eigenvalue weighted by Crippen LogP contribution is -2.34. The highest BCUT2D eigenvalue weighted by Crippen LogP contribution is 2.16. The minimum Gasteiger partial charge on any atom is -0.368 e. The molecule has 88 valence electrons. The van der Waals surface area contributed by atoms with Crippen LogP contribution in [0.1, 0.15) is 24.9 Å². The van der Waals surface area contributed by atoms with Gasteiger partial charge in [-0.2, -0.15) is 0 Å². The molecular weight excluding hydrogens is 214 g/mol. The molecule has 0 bridgehead atoms. The van der Waals surface area contributed by atoms with Crippen molar-refractivity contribution in [3.05, 3.63) is 35.4 Å². The maximum Gasteiger partial charge on any atom is 0.239 e. The summed E-state index contributed by atoms with van der Waals surface area (Å²) in [5.74, 6) is -2.10. The topological polar surface area (TPSA) is 55.1 Å². The first kappa shape index (κ1) is 12.6. The van der Waals surface area contributed by atoms with Gasteiger partial charge in [0, 0.05) is 6.07 Å². The molecule has 1 aromatic carbocycles. The largest absolute Gasteiger partial charge is 0.368 e. The molecule has 0 aliphatic rings. The van der Waals surface area contributed by atoms with Crippen molar-refractivity contribution in [1.29, 1.82) is 0 Å². The number of carbonyl (C=O) groups excluding carboxylic acids is 1. The molecule has 0 aromatic heterocycles. The van der Waals surface area contributed by atoms with Crippen LogP contribution in [0.15, 0.2) is 18.2 Å². The van der Waals surface area contributed by atoms with Crippen molar-refractivity contribution in [2.45, 2.75) is 19.4 Å². The van der Waals surface area contributed by atoms with Crippen LogP contribution in [0.3, 0.4) is 0 Å². The van der Waals surface area contributed by atoms with Crippen LogP contribution < -0.4 is 11.1 Å². The lowest BCUT2D eigenvalue weighted by molar-refractivity contribution is -0.120. The summed E-state index contributed by atoms with van der Waals surface area (Å²) in [7, 11) is 0. The first-order valence-electron chi connectivity index (χ1n) is 5.03. The fourth-order valence-electron chi connectivity index (χ4n) is 1.41. The SMILES string of the molecule is CCCNC(C(N)=O)c1cc(F)cc(F)c1. The van der Waals surface area contributed by atoms with E-state index in [1.807, 2.05) is 6.92 Å². The van der Waals surface area contributed by atoms with Crippen molar-refractivity contribution in [2.24, 2.45) is 5.73 Å². The van der Waals surface area contributed by atoms with Crippen LogP contribution in [0.5, 0.6) is 0 Å². The predicted octanol–water partition coefficient (Wildman–Crippen LogP) is 1.49. The number of nitrogens with one attached hydrogen (secondary N) is 1. The smallest absolute Gasteiger partial charge is 0.239 e. The van der Waals surface area contributed by atoms with Gasteiger partial charge in [-0.05, 0) is 30.7 Å². The number of carbonyl (C=O) groups is 1. The standard InChI is InChI=1S/C11H14F2N2O/c1-2-3-15-10(11(14)16)7-4-8(12)6-9(13)5-7/h4-6,10,15H,2-3H2,1H3,(H2,14,16). The lowest BCUT2D eigenvalue weighted by Gasteiger charge is -2.15. The van der Waals surface area contributed by atoms with Crippen LogP contribution in [-0.2, 0) is 4.79 Å². The number of hydrogen-bond donors (Lipinski definition) is 2. The number of hydrogen-bond acceptors (Lipinski definition) is 2. The van der Waals surface area contributed by atoms with E-state index in [2.05, 4.69) is 5.32 Å². The van der Waals surface area contributed by atoms with Crippen molar-refractivity contribution in [3.8, 4) is 0 Å². The fourth-order valence-corrected chi connectivity index (χ4v) is 1.41. The zero-order valence-electron chi connectivity index (χ0n) is 8.97. The molecule has 5 heteroatoms. The summed E-state index contributed by atoms with van der Waals surface area (Å²) in [6, 6.07) is 2.09. The summed E-state index contributed by atoms with van der Waals surface area (Å²) in [5, 5.41) is 2.83. The highest BCUT2D eigenvalue weighted by molar-refractivity contribution is 5.81. The lowest BCUT2D eigenvalue weighted by atomic mass is 10.1. The molecule has 1 amide bonds. The molecule has 1 aromatic rings. The van der Waals surface area contributed by atoms with Gasteiger partial charge in [0.1, 0.15) is 17.7 Å². The summed E-state index contributed by atoms with van der Waals surface area (Å²) in [4.78, 5) is 11.1. The molecule has 1 unspecified atom stereocenters. The quantitative estimate of drug-likeness (QED) is 0.802. The van der Waals surface area contributed by atoms with Gasteiger partial charge in [0.2, 0.25) is 5.91 Å². The average molecular weight is 228 g/mol. The molecule has 0 fully saturated rings. The van der Waals surface area contributed by atoms with Gasteiger partial charge < -0.3 is 11.1 Å². The highest BCUT2D eigenvalue weighted by Gasteiger charge is 2.18. The van der Waals surface area contributed by atoms with Crippen molar-refractivity contribution in [2.75, 3.05) is 6.54 Å². The number of rotatable bonds is 5. The molecule has 16 heavy (non-hydrogen) atoms. The molecule has 0 aliphatic carbocycles. The Balaban J connectivity index is 2.96. The summed E-state index contributed by atoms with van der Waals surface area (Å²) in [6.45, 7) is 2.46. The van der Waals surface area contributed by atoms with Crippen LogP contribution in [-0.4, -0.2) is 12.5 Å². The normalized spacial score (nSPS) is 12.4. The Labute approximate surface area is 92.6 Å². The van der Waals surface area contributed by atoms with E-state index in [9.17, 15) is 13.6 Å². The minimum atomic E-state index is -0.856. The van der Waals surface area contributed by atoms with Crippen molar-refractivity contribution >= 4 is 5.91 Å². The predicted molar refractivity (Wildman–Crippen MR) is 56.6 cm³/mol. The van der Waals surface area contributed by atoms with Crippen LogP contribution in [0.2, 0.25) is 0 Å². The molecular formula is C11H14F2N2O. The van der Waals surface area contributed by atoms with Crippen LogP contribution >= 0.6 is 0 Å². The average Bonchev–Trinajstić information content (AvgIpc) is 2.16. The number of benzene rings is 1. The van der Waals surface area contributed by atoms with Gasteiger partial charge in [-0.15, -0.1) is 0 Å². The third-order valence-electron chi connectivity index (χ3n) is 2.10. The van der Waals surface area contributed by atoms with Crippen molar-refractivity contribution in [1.82, 2.24) is 5.32 Å². The molecule has 3 N–H and O–H groups in total. The fraction of sp³-hybridized carbons (Fsp3) is 0.364. The van der Waals surface area contributed by atoms with E-state index < -0.39 is 23.6 Å². The maximum absolute atomic E-state index is 13.0. The number of halogens is 2. The van der Waals surface area contributed by atoms with Crippen molar-refractivity contribution < 1.29 is 13.6 Å². The Morgan fingerprint density at radius 1 is 1.38 bits per heavy atom. The van der Waals surface area contributed by atoms with Crippen molar-refractivity contribution in [3.63, 3.8) is 0 Å². The Bertz CT molecular complexity index is 362. The Hall–Kier alpha value is -1.49. The maximum atomic E-state index is 13.0. The van der Waals surface area contributed by atoms with E-state index in [0.29, 0.717) is 6.54 Å². The van der Waals surface area contributed by atoms with E-state index in [-0.39, 0.29) is 5.56 Å². The highest BCUT2D eigenvalue weighted by atomic mass is 19.1. The molecule has 0 aliphatic heterocycles. The summed E-state index contributed by atoms with van der Waals surface area (Å²) in [5.41, 5.74) is 5.37. The zero-order valence-corrected chi connectivity index (χ0v) is 8.97. The zero-order chi connectivity index (χ0) is 12.1. The molecule has 0 radical (unpaired) electrons. The van der Waals surface area contributed by atoms with Gasteiger partial charge >= 0.3 is 0 Å². The summed E-state index contributed by atoms with van der Waals surface area (Å²) >= 11 is 0. The molecule has 3 nitrogen and oxygen atoms in total. The summed E-state index contributed by atoms with van der Waals surface area (Å²) in [6.07, 6.45) is 0.793. The van der Waals surface area contributed by atoms with E-state index >= 15 is 0 Å². The van der Waals surface area contributed by atoms with E-state index in [1.165, 1.54) is 0 Å². The second kappa shape index (κ2) is 5.55. The van der Waals surface area contributed by atoms with E-state index in [0.717, 1.165) is 24.6 Å². The Kier molecular flexibility index (Phi) is 4.37.